The minimum atomic E-state index is -0.0393. The lowest BCUT2D eigenvalue weighted by Crippen LogP contribution is -2.41. The second-order valence-electron chi connectivity index (χ2n) is 6.64. The molecule has 3 N–H and O–H groups in total. The van der Waals surface area contributed by atoms with E-state index in [9.17, 15) is 4.79 Å². The van der Waals surface area contributed by atoms with Gasteiger partial charge in [-0.1, -0.05) is 26.0 Å². The summed E-state index contributed by atoms with van der Waals surface area (Å²) in [6.07, 6.45) is 4.45. The monoisotopic (exact) mass is 290 g/mol. The molecule has 0 spiro atoms. The zero-order valence-electron chi connectivity index (χ0n) is 13.0. The van der Waals surface area contributed by atoms with Crippen molar-refractivity contribution in [3.63, 3.8) is 0 Å². The molecule has 0 aliphatic heterocycles. The van der Waals surface area contributed by atoms with E-state index in [1.165, 1.54) is 12.8 Å². The van der Waals surface area contributed by atoms with Crippen LogP contribution >= 0.6 is 0 Å². The van der Waals surface area contributed by atoms with Crippen LogP contribution < -0.4 is 15.8 Å². The molecule has 0 bridgehead atoms. The largest absolute Gasteiger partial charge is 0.484 e. The Kier molecular flexibility index (Phi) is 5.23. The van der Waals surface area contributed by atoms with Crippen LogP contribution in [0.2, 0.25) is 0 Å². The van der Waals surface area contributed by atoms with Crippen LogP contribution in [0, 0.1) is 5.41 Å². The Bertz CT molecular complexity index is 458. The van der Waals surface area contributed by atoms with Gasteiger partial charge in [0.15, 0.2) is 6.61 Å². The van der Waals surface area contributed by atoms with Gasteiger partial charge >= 0.3 is 0 Å². The maximum atomic E-state index is 11.9. The van der Waals surface area contributed by atoms with E-state index in [0.717, 1.165) is 18.4 Å². The third-order valence-electron chi connectivity index (χ3n) is 4.23. The Labute approximate surface area is 127 Å². The van der Waals surface area contributed by atoms with Crippen molar-refractivity contribution in [2.45, 2.75) is 52.1 Å². The zero-order chi connectivity index (χ0) is 15.3. The van der Waals surface area contributed by atoms with Crippen molar-refractivity contribution in [2.75, 3.05) is 6.61 Å². The molecule has 1 saturated carbocycles. The highest BCUT2D eigenvalue weighted by atomic mass is 16.5. The summed E-state index contributed by atoms with van der Waals surface area (Å²) in [7, 11) is 0. The average Bonchev–Trinajstić information content (AvgIpc) is 2.48. The van der Waals surface area contributed by atoms with Crippen molar-refractivity contribution >= 4 is 5.91 Å². The van der Waals surface area contributed by atoms with Crippen LogP contribution in [0.5, 0.6) is 5.75 Å². The Morgan fingerprint density at radius 1 is 1.29 bits per heavy atom. The van der Waals surface area contributed by atoms with Gasteiger partial charge in [-0.25, -0.2) is 0 Å². The number of nitrogens with one attached hydrogen (secondary N) is 1. The van der Waals surface area contributed by atoms with Gasteiger partial charge in [-0.2, -0.15) is 0 Å². The maximum Gasteiger partial charge on any atom is 0.258 e. The summed E-state index contributed by atoms with van der Waals surface area (Å²) in [5, 5.41) is 3.07. The summed E-state index contributed by atoms with van der Waals surface area (Å²) < 4.78 is 5.50. The lowest BCUT2D eigenvalue weighted by atomic mass is 9.75. The van der Waals surface area contributed by atoms with Gasteiger partial charge in [0.2, 0.25) is 0 Å². The summed E-state index contributed by atoms with van der Waals surface area (Å²) in [6.45, 7) is 5.17. The predicted molar refractivity (Wildman–Crippen MR) is 84.0 cm³/mol. The van der Waals surface area contributed by atoms with Crippen LogP contribution in [0.1, 0.15) is 45.1 Å². The molecule has 1 aromatic carbocycles. The molecule has 1 aromatic rings. The van der Waals surface area contributed by atoms with E-state index in [0.29, 0.717) is 23.8 Å². The number of hydrogen-bond acceptors (Lipinski definition) is 3. The van der Waals surface area contributed by atoms with Crippen LogP contribution in [-0.4, -0.2) is 18.6 Å². The Morgan fingerprint density at radius 3 is 2.48 bits per heavy atom. The SMILES string of the molecule is CC1(C)CCC(NC(=O)COc2ccc(CN)cc2)CC1. The first-order valence-electron chi connectivity index (χ1n) is 7.70. The fourth-order valence-corrected chi connectivity index (χ4v) is 2.68. The first kappa shape index (κ1) is 15.8. The Morgan fingerprint density at radius 2 is 1.90 bits per heavy atom. The van der Waals surface area contributed by atoms with E-state index in [1.54, 1.807) is 0 Å². The maximum absolute atomic E-state index is 11.9. The molecule has 4 heteroatoms. The Balaban J connectivity index is 1.72. The van der Waals surface area contributed by atoms with Crippen molar-refractivity contribution in [1.82, 2.24) is 5.32 Å². The number of carbonyl (C=O) groups is 1. The van der Waals surface area contributed by atoms with Crippen LogP contribution in [0.4, 0.5) is 0 Å². The summed E-state index contributed by atoms with van der Waals surface area (Å²) in [6, 6.07) is 7.82. The lowest BCUT2D eigenvalue weighted by Gasteiger charge is -2.34. The molecule has 1 amide bonds. The highest BCUT2D eigenvalue weighted by Gasteiger charge is 2.27. The van der Waals surface area contributed by atoms with Crippen molar-refractivity contribution in [2.24, 2.45) is 11.1 Å². The normalized spacial score (nSPS) is 18.2. The molecule has 116 valence electrons. The molecular formula is C17H26N2O2. The van der Waals surface area contributed by atoms with Crippen LogP contribution in [0.3, 0.4) is 0 Å². The number of nitrogens with two attached hydrogens (primary N) is 1. The minimum absolute atomic E-state index is 0.0393. The summed E-state index contributed by atoms with van der Waals surface area (Å²) in [4.78, 5) is 11.9. The van der Waals surface area contributed by atoms with Gasteiger partial charge < -0.3 is 15.8 Å². The van der Waals surface area contributed by atoms with E-state index in [-0.39, 0.29) is 12.5 Å². The smallest absolute Gasteiger partial charge is 0.258 e. The zero-order valence-corrected chi connectivity index (χ0v) is 13.0. The standard InChI is InChI=1S/C17H26N2O2/c1-17(2)9-7-14(8-10-17)19-16(20)12-21-15-5-3-13(11-18)4-6-15/h3-6,14H,7-12,18H2,1-2H3,(H,19,20). The van der Waals surface area contributed by atoms with Gasteiger partial charge in [0, 0.05) is 12.6 Å². The number of amides is 1. The molecule has 1 aliphatic carbocycles. The van der Waals surface area contributed by atoms with Gasteiger partial charge in [0.05, 0.1) is 0 Å². The third kappa shape index (κ3) is 5.05. The van der Waals surface area contributed by atoms with Crippen molar-refractivity contribution in [3.8, 4) is 5.75 Å². The molecule has 0 saturated heterocycles. The van der Waals surface area contributed by atoms with E-state index < -0.39 is 0 Å². The van der Waals surface area contributed by atoms with Crippen LogP contribution in [-0.2, 0) is 11.3 Å². The van der Waals surface area contributed by atoms with E-state index in [4.69, 9.17) is 10.5 Å². The first-order valence-corrected chi connectivity index (χ1v) is 7.70. The predicted octanol–water partition coefficient (Wildman–Crippen LogP) is 2.61. The fourth-order valence-electron chi connectivity index (χ4n) is 2.68. The fraction of sp³-hybridized carbons (Fsp3) is 0.588. The minimum Gasteiger partial charge on any atom is -0.484 e. The molecule has 0 unspecified atom stereocenters. The van der Waals surface area contributed by atoms with E-state index in [1.807, 2.05) is 24.3 Å². The summed E-state index contributed by atoms with van der Waals surface area (Å²) in [5.74, 6) is 0.662. The quantitative estimate of drug-likeness (QED) is 0.876. The van der Waals surface area contributed by atoms with Gasteiger partial charge in [-0.15, -0.1) is 0 Å². The molecule has 0 radical (unpaired) electrons. The average molecular weight is 290 g/mol. The molecule has 2 rings (SSSR count). The van der Waals surface area contributed by atoms with E-state index in [2.05, 4.69) is 19.2 Å². The number of rotatable bonds is 5. The highest BCUT2D eigenvalue weighted by molar-refractivity contribution is 5.77. The van der Waals surface area contributed by atoms with Crippen molar-refractivity contribution < 1.29 is 9.53 Å². The summed E-state index contributed by atoms with van der Waals surface area (Å²) in [5.41, 5.74) is 7.01. The molecule has 1 fully saturated rings. The van der Waals surface area contributed by atoms with Gasteiger partial charge in [-0.3, -0.25) is 4.79 Å². The molecule has 4 nitrogen and oxygen atoms in total. The number of ether oxygens (including phenoxy) is 1. The molecule has 21 heavy (non-hydrogen) atoms. The summed E-state index contributed by atoms with van der Waals surface area (Å²) >= 11 is 0. The molecule has 0 heterocycles. The van der Waals surface area contributed by atoms with Gasteiger partial charge in [0.25, 0.3) is 5.91 Å². The first-order chi connectivity index (χ1) is 9.98. The molecule has 0 aromatic heterocycles. The van der Waals surface area contributed by atoms with Crippen molar-refractivity contribution in [1.29, 1.82) is 0 Å². The lowest BCUT2D eigenvalue weighted by molar-refractivity contribution is -0.124. The van der Waals surface area contributed by atoms with Crippen LogP contribution in [0.15, 0.2) is 24.3 Å². The second kappa shape index (κ2) is 6.94. The third-order valence-corrected chi connectivity index (χ3v) is 4.23. The highest BCUT2D eigenvalue weighted by Crippen LogP contribution is 2.34. The van der Waals surface area contributed by atoms with Gasteiger partial charge in [-0.05, 0) is 48.8 Å². The molecular weight excluding hydrogens is 264 g/mol. The van der Waals surface area contributed by atoms with E-state index >= 15 is 0 Å². The second-order valence-corrected chi connectivity index (χ2v) is 6.64. The van der Waals surface area contributed by atoms with Crippen molar-refractivity contribution in [3.05, 3.63) is 29.8 Å². The van der Waals surface area contributed by atoms with Gasteiger partial charge in [0.1, 0.15) is 5.75 Å². The molecule has 1 aliphatic rings. The van der Waals surface area contributed by atoms with Crippen LogP contribution in [0.25, 0.3) is 0 Å². The Hall–Kier alpha value is -1.55. The number of carbonyl (C=O) groups excluding carboxylic acids is 1. The topological polar surface area (TPSA) is 64.3 Å². The number of hydrogen-bond donors (Lipinski definition) is 2. The molecule has 0 atom stereocenters. The number of benzene rings is 1.